The Bertz CT molecular complexity index is 798. The highest BCUT2D eigenvalue weighted by molar-refractivity contribution is 7.85. The molecule has 2 aromatic rings. The van der Waals surface area contributed by atoms with E-state index in [4.69, 9.17) is 14.0 Å². The van der Waals surface area contributed by atoms with E-state index in [1.807, 2.05) is 0 Å². The molecule has 23 heavy (non-hydrogen) atoms. The Balaban J connectivity index is 1.90. The third-order valence-electron chi connectivity index (χ3n) is 3.50. The highest BCUT2D eigenvalue weighted by Gasteiger charge is 2.33. The Kier molecular flexibility index (Phi) is 4.06. The maximum Gasteiger partial charge on any atom is 0.318 e. The van der Waals surface area contributed by atoms with Crippen molar-refractivity contribution in [3.8, 4) is 11.5 Å². The molecule has 1 aliphatic rings. The third-order valence-corrected chi connectivity index (χ3v) is 4.18. The van der Waals surface area contributed by atoms with Gasteiger partial charge in [-0.2, -0.15) is 8.42 Å². The van der Waals surface area contributed by atoms with E-state index in [1.54, 1.807) is 48.5 Å². The average molecular weight is 334 g/mol. The van der Waals surface area contributed by atoms with Crippen molar-refractivity contribution >= 4 is 16.1 Å². The molecule has 0 unspecified atom stereocenters. The van der Waals surface area contributed by atoms with Gasteiger partial charge in [0.2, 0.25) is 0 Å². The lowest BCUT2D eigenvalue weighted by Crippen LogP contribution is -2.23. The molecule has 3 rings (SSSR count). The minimum atomic E-state index is -4.17. The first kappa shape index (κ1) is 15.5. The summed E-state index contributed by atoms with van der Waals surface area (Å²) in [6.45, 7) is -0.403. The molecule has 0 radical (unpaired) electrons. The van der Waals surface area contributed by atoms with Gasteiger partial charge >= 0.3 is 5.97 Å². The molecule has 2 aromatic carbocycles. The quantitative estimate of drug-likeness (QED) is 0.682. The minimum Gasteiger partial charge on any atom is -0.464 e. The van der Waals surface area contributed by atoms with Crippen LogP contribution in [0.5, 0.6) is 11.5 Å². The molecule has 7 heteroatoms. The number of hydrogen-bond donors (Lipinski definition) is 1. The van der Waals surface area contributed by atoms with Gasteiger partial charge in [-0.15, -0.1) is 0 Å². The van der Waals surface area contributed by atoms with Crippen LogP contribution in [0.2, 0.25) is 0 Å². The van der Waals surface area contributed by atoms with Crippen molar-refractivity contribution in [1.29, 1.82) is 0 Å². The molecule has 0 bridgehead atoms. The van der Waals surface area contributed by atoms with Gasteiger partial charge in [-0.25, -0.2) is 0 Å². The molecule has 0 fully saturated rings. The predicted octanol–water partition coefficient (Wildman–Crippen LogP) is 2.36. The molecule has 6 nitrogen and oxygen atoms in total. The van der Waals surface area contributed by atoms with Crippen molar-refractivity contribution in [3.05, 3.63) is 59.7 Å². The number of fused-ring (bicyclic) bond motifs is 2. The fraction of sp³-hybridized carbons (Fsp3) is 0.188. The fourth-order valence-corrected chi connectivity index (χ4v) is 2.79. The smallest absolute Gasteiger partial charge is 0.318 e. The second-order valence-corrected chi connectivity index (χ2v) is 6.64. The number of para-hydroxylation sites is 2. The SMILES string of the molecule is O=C(OCCS(=O)(=O)O)C1c2ccccc2Oc2ccccc21. The largest absolute Gasteiger partial charge is 0.464 e. The Hall–Kier alpha value is -2.38. The lowest BCUT2D eigenvalue weighted by atomic mass is 9.88. The van der Waals surface area contributed by atoms with Crippen LogP contribution in [0, 0.1) is 0 Å². The van der Waals surface area contributed by atoms with Crippen LogP contribution in [0.25, 0.3) is 0 Å². The van der Waals surface area contributed by atoms with Crippen molar-refractivity contribution in [2.24, 2.45) is 0 Å². The number of carbonyl (C=O) groups excluding carboxylic acids is 1. The van der Waals surface area contributed by atoms with Crippen molar-refractivity contribution in [1.82, 2.24) is 0 Å². The van der Waals surface area contributed by atoms with E-state index in [-0.39, 0.29) is 0 Å². The summed E-state index contributed by atoms with van der Waals surface area (Å²) in [7, 11) is -4.17. The van der Waals surface area contributed by atoms with E-state index in [2.05, 4.69) is 0 Å². The van der Waals surface area contributed by atoms with E-state index in [1.165, 1.54) is 0 Å². The zero-order valence-electron chi connectivity index (χ0n) is 12.0. The summed E-state index contributed by atoms with van der Waals surface area (Å²) in [6, 6.07) is 14.2. The van der Waals surface area contributed by atoms with E-state index in [9.17, 15) is 13.2 Å². The number of esters is 1. The molecule has 120 valence electrons. The molecule has 0 saturated heterocycles. The van der Waals surface area contributed by atoms with Gasteiger partial charge in [0, 0.05) is 11.1 Å². The Morgan fingerprint density at radius 3 is 2.09 bits per heavy atom. The van der Waals surface area contributed by atoms with Gasteiger partial charge in [0.1, 0.15) is 29.8 Å². The van der Waals surface area contributed by atoms with Gasteiger partial charge in [0.05, 0.1) is 0 Å². The Morgan fingerprint density at radius 2 is 1.57 bits per heavy atom. The summed E-state index contributed by atoms with van der Waals surface area (Å²) >= 11 is 0. The summed E-state index contributed by atoms with van der Waals surface area (Å²) in [5.74, 6) is -0.800. The molecule has 0 atom stereocenters. The lowest BCUT2D eigenvalue weighted by Gasteiger charge is -2.26. The van der Waals surface area contributed by atoms with Gasteiger partial charge in [-0.1, -0.05) is 36.4 Å². The number of ether oxygens (including phenoxy) is 2. The van der Waals surface area contributed by atoms with Crippen LogP contribution in [-0.2, 0) is 19.6 Å². The second kappa shape index (κ2) is 6.02. The van der Waals surface area contributed by atoms with Gasteiger partial charge < -0.3 is 9.47 Å². The number of carbonyl (C=O) groups is 1. The van der Waals surface area contributed by atoms with Crippen LogP contribution in [0.1, 0.15) is 17.0 Å². The zero-order chi connectivity index (χ0) is 16.4. The molecule has 1 heterocycles. The molecular weight excluding hydrogens is 320 g/mol. The molecule has 0 aromatic heterocycles. The monoisotopic (exact) mass is 334 g/mol. The summed E-state index contributed by atoms with van der Waals surface area (Å²) in [6.07, 6.45) is 0. The number of benzene rings is 2. The fourth-order valence-electron chi connectivity index (χ4n) is 2.49. The van der Waals surface area contributed by atoms with Crippen LogP contribution in [-0.4, -0.2) is 31.3 Å². The summed E-state index contributed by atoms with van der Waals surface area (Å²) in [4.78, 5) is 12.5. The first-order chi connectivity index (χ1) is 11.0. The van der Waals surface area contributed by atoms with Gasteiger partial charge in [0.15, 0.2) is 0 Å². The van der Waals surface area contributed by atoms with Crippen molar-refractivity contribution in [2.75, 3.05) is 12.4 Å². The van der Waals surface area contributed by atoms with Crippen molar-refractivity contribution in [2.45, 2.75) is 5.92 Å². The summed E-state index contributed by atoms with van der Waals surface area (Å²) in [5.41, 5.74) is 1.31. The molecule has 1 aliphatic heterocycles. The Morgan fingerprint density at radius 1 is 1.04 bits per heavy atom. The van der Waals surface area contributed by atoms with Crippen LogP contribution in [0.3, 0.4) is 0 Å². The highest BCUT2D eigenvalue weighted by Crippen LogP contribution is 2.44. The summed E-state index contributed by atoms with van der Waals surface area (Å²) in [5, 5.41) is 0. The van der Waals surface area contributed by atoms with Gasteiger partial charge in [0.25, 0.3) is 10.1 Å². The second-order valence-electron chi connectivity index (χ2n) is 5.06. The van der Waals surface area contributed by atoms with E-state index in [0.717, 1.165) is 0 Å². The van der Waals surface area contributed by atoms with Crippen LogP contribution in [0.15, 0.2) is 48.5 Å². The van der Waals surface area contributed by atoms with Crippen LogP contribution in [0.4, 0.5) is 0 Å². The Labute approximate surface area is 133 Å². The number of hydrogen-bond acceptors (Lipinski definition) is 5. The normalized spacial score (nSPS) is 13.6. The van der Waals surface area contributed by atoms with E-state index >= 15 is 0 Å². The number of rotatable bonds is 4. The standard InChI is InChI=1S/C16H14O6S/c17-16(21-9-10-23(18,19)20)15-11-5-1-3-7-13(11)22-14-8-4-2-6-12(14)15/h1-8,15H,9-10H2,(H,18,19,20). The predicted molar refractivity (Wildman–Crippen MR) is 82.2 cm³/mol. The summed E-state index contributed by atoms with van der Waals surface area (Å²) < 4.78 is 41.0. The topological polar surface area (TPSA) is 89.9 Å². The minimum absolute atomic E-state index is 0.403. The van der Waals surface area contributed by atoms with Gasteiger partial charge in [-0.3, -0.25) is 9.35 Å². The van der Waals surface area contributed by atoms with E-state index < -0.39 is 34.4 Å². The third kappa shape index (κ3) is 3.35. The lowest BCUT2D eigenvalue weighted by molar-refractivity contribution is -0.143. The average Bonchev–Trinajstić information content (AvgIpc) is 2.51. The molecule has 0 aliphatic carbocycles. The first-order valence-corrected chi connectivity index (χ1v) is 8.54. The molecule has 1 N–H and O–H groups in total. The first-order valence-electron chi connectivity index (χ1n) is 6.93. The van der Waals surface area contributed by atoms with Crippen molar-refractivity contribution < 1.29 is 27.2 Å². The van der Waals surface area contributed by atoms with E-state index in [0.29, 0.717) is 22.6 Å². The van der Waals surface area contributed by atoms with Gasteiger partial charge in [-0.05, 0) is 12.1 Å². The van der Waals surface area contributed by atoms with Crippen LogP contribution >= 0.6 is 0 Å². The zero-order valence-corrected chi connectivity index (χ0v) is 12.8. The highest BCUT2D eigenvalue weighted by atomic mass is 32.2. The molecule has 0 amide bonds. The molecular formula is C16H14O6S. The molecule has 0 saturated carbocycles. The molecule has 0 spiro atoms. The maximum atomic E-state index is 12.5. The maximum absolute atomic E-state index is 12.5. The van der Waals surface area contributed by atoms with Crippen molar-refractivity contribution in [3.63, 3.8) is 0 Å². The van der Waals surface area contributed by atoms with Crippen LogP contribution < -0.4 is 4.74 Å².